The van der Waals surface area contributed by atoms with Gasteiger partial charge in [-0.05, 0) is 101 Å². The summed E-state index contributed by atoms with van der Waals surface area (Å²) in [4.78, 5) is 34.9. The van der Waals surface area contributed by atoms with Gasteiger partial charge in [-0.1, -0.05) is 6.07 Å². The molecule has 3 N–H and O–H groups in total. The number of likely N-dealkylation sites (N-methyl/N-ethyl adjacent to an activating group) is 1. The van der Waals surface area contributed by atoms with Crippen LogP contribution in [0, 0.1) is 12.8 Å². The second-order valence-corrected chi connectivity index (χ2v) is 13.6. The van der Waals surface area contributed by atoms with Crippen LogP contribution in [0.25, 0.3) is 11.4 Å². The lowest BCUT2D eigenvalue weighted by Crippen LogP contribution is -2.52. The molecular weight excluding hydrogens is 564 g/mol. The average Bonchev–Trinajstić information content (AvgIpc) is 3.80. The van der Waals surface area contributed by atoms with Crippen LogP contribution in [0.4, 0.5) is 17.2 Å². The fourth-order valence-corrected chi connectivity index (χ4v) is 7.43. The summed E-state index contributed by atoms with van der Waals surface area (Å²) in [7, 11) is 2.22. The summed E-state index contributed by atoms with van der Waals surface area (Å²) in [6.45, 7) is 9.60. The number of amides is 1. The number of piperidine rings is 1. The molecule has 45 heavy (non-hydrogen) atoms. The lowest BCUT2D eigenvalue weighted by atomic mass is 9.89. The Morgan fingerprint density at radius 2 is 1.76 bits per heavy atom. The van der Waals surface area contributed by atoms with Crippen LogP contribution in [0.2, 0.25) is 0 Å². The first-order valence-corrected chi connectivity index (χ1v) is 16.7. The molecule has 1 saturated carbocycles. The van der Waals surface area contributed by atoms with E-state index in [1.807, 2.05) is 19.1 Å². The topological polar surface area (TPSA) is 113 Å². The van der Waals surface area contributed by atoms with Crippen LogP contribution >= 0.6 is 0 Å². The molecule has 10 nitrogen and oxygen atoms in total. The van der Waals surface area contributed by atoms with Gasteiger partial charge in [0.1, 0.15) is 5.69 Å². The Labute approximate surface area is 266 Å². The number of hydrogen-bond donors (Lipinski definition) is 2. The van der Waals surface area contributed by atoms with E-state index >= 15 is 0 Å². The molecule has 238 valence electrons. The third-order valence-electron chi connectivity index (χ3n) is 10.3. The van der Waals surface area contributed by atoms with E-state index in [9.17, 15) is 4.79 Å². The average molecular weight is 611 g/mol. The first-order chi connectivity index (χ1) is 21.9. The zero-order valence-corrected chi connectivity index (χ0v) is 26.7. The number of primary amides is 1. The molecule has 1 aliphatic carbocycles. The van der Waals surface area contributed by atoms with Gasteiger partial charge in [-0.3, -0.25) is 14.7 Å². The molecule has 3 aliphatic heterocycles. The van der Waals surface area contributed by atoms with Crippen molar-refractivity contribution in [1.82, 2.24) is 24.8 Å². The molecule has 3 saturated heterocycles. The summed E-state index contributed by atoms with van der Waals surface area (Å²) < 4.78 is 6.09. The van der Waals surface area contributed by atoms with Crippen molar-refractivity contribution in [2.45, 2.75) is 63.5 Å². The molecule has 5 heterocycles. The largest absolute Gasteiger partial charge is 0.375 e. The third-order valence-corrected chi connectivity index (χ3v) is 10.3. The van der Waals surface area contributed by atoms with E-state index in [0.717, 1.165) is 74.4 Å². The number of aromatic nitrogens is 3. The van der Waals surface area contributed by atoms with Gasteiger partial charge in [0, 0.05) is 69.5 Å². The highest BCUT2D eigenvalue weighted by atomic mass is 16.5. The molecule has 0 bridgehead atoms. The highest BCUT2D eigenvalue weighted by molar-refractivity contribution is 5.97. The fourth-order valence-electron chi connectivity index (χ4n) is 7.43. The number of hydrogen-bond acceptors (Lipinski definition) is 9. The molecule has 1 atom stereocenters. The monoisotopic (exact) mass is 610 g/mol. The van der Waals surface area contributed by atoms with E-state index in [2.05, 4.69) is 56.3 Å². The molecule has 1 unspecified atom stereocenters. The first kappa shape index (κ1) is 30.1. The Bertz CT molecular complexity index is 1510. The van der Waals surface area contributed by atoms with Gasteiger partial charge in [0.05, 0.1) is 17.0 Å². The van der Waals surface area contributed by atoms with E-state index in [0.29, 0.717) is 23.5 Å². The van der Waals surface area contributed by atoms with Crippen molar-refractivity contribution in [3.63, 3.8) is 0 Å². The molecule has 1 spiro atoms. The number of carbonyl (C=O) groups is 1. The summed E-state index contributed by atoms with van der Waals surface area (Å²) in [6, 6.07) is 13.0. The number of nitrogens with two attached hydrogens (primary N) is 1. The number of pyridine rings is 1. The van der Waals surface area contributed by atoms with Gasteiger partial charge < -0.3 is 25.6 Å². The Morgan fingerprint density at radius 1 is 1.00 bits per heavy atom. The number of rotatable bonds is 8. The number of anilines is 3. The van der Waals surface area contributed by atoms with Crippen LogP contribution in [-0.4, -0.2) is 95.2 Å². The van der Waals surface area contributed by atoms with E-state index in [1.165, 1.54) is 44.7 Å². The van der Waals surface area contributed by atoms with Gasteiger partial charge in [0.15, 0.2) is 11.5 Å². The van der Waals surface area contributed by atoms with Gasteiger partial charge >= 0.3 is 0 Å². The van der Waals surface area contributed by atoms with Gasteiger partial charge in [0.2, 0.25) is 0 Å². The molecule has 7 rings (SSSR count). The van der Waals surface area contributed by atoms with Crippen molar-refractivity contribution >= 4 is 23.1 Å². The smallest absolute Gasteiger partial charge is 0.271 e. The minimum atomic E-state index is -0.616. The molecule has 0 radical (unpaired) electrons. The van der Waals surface area contributed by atoms with E-state index in [4.69, 9.17) is 20.4 Å². The number of nitrogens with zero attached hydrogens (tertiary/aromatic N) is 6. The van der Waals surface area contributed by atoms with Gasteiger partial charge in [-0.25, -0.2) is 9.97 Å². The molecule has 1 aromatic carbocycles. The Kier molecular flexibility index (Phi) is 8.46. The normalized spacial score (nSPS) is 22.4. The maximum absolute atomic E-state index is 12.7. The Balaban J connectivity index is 1.10. The summed E-state index contributed by atoms with van der Waals surface area (Å²) in [5.41, 5.74) is 11.3. The van der Waals surface area contributed by atoms with Crippen molar-refractivity contribution in [3.05, 3.63) is 59.5 Å². The summed E-state index contributed by atoms with van der Waals surface area (Å²) in [5, 5.41) is 3.39. The number of benzene rings is 1. The number of aryl methyl sites for hydroxylation is 1. The summed E-state index contributed by atoms with van der Waals surface area (Å²) in [5.74, 6) is 0.211. The molecule has 3 aromatic rings. The standard InChI is InChI=1S/C35H46N8O2/c1-24-4-3-14-37-30(24)31-29(22-25-11-21-45-35(23-25)12-13-35)39-34(32(40-31)33(36)44)38-26-5-7-27(8-6-26)42-15-9-28(10-16-42)43-19-17-41(2)18-20-43/h3-8,14,25,28H,9-13,15-23H2,1-2H3,(H2,36,44)(H,38,39). The Hall–Kier alpha value is -3.60. The number of piperazine rings is 1. The van der Waals surface area contributed by atoms with E-state index < -0.39 is 5.91 Å². The predicted molar refractivity (Wildman–Crippen MR) is 177 cm³/mol. The second-order valence-electron chi connectivity index (χ2n) is 13.6. The molecule has 10 heteroatoms. The maximum atomic E-state index is 12.7. The number of ether oxygens (including phenoxy) is 1. The molecule has 4 aliphatic rings. The highest BCUT2D eigenvalue weighted by Crippen LogP contribution is 2.49. The minimum Gasteiger partial charge on any atom is -0.375 e. The van der Waals surface area contributed by atoms with E-state index in [-0.39, 0.29) is 11.3 Å². The maximum Gasteiger partial charge on any atom is 0.271 e. The van der Waals surface area contributed by atoms with Crippen LogP contribution < -0.4 is 16.0 Å². The zero-order chi connectivity index (χ0) is 31.0. The van der Waals surface area contributed by atoms with Crippen molar-refractivity contribution in [2.24, 2.45) is 11.7 Å². The van der Waals surface area contributed by atoms with Crippen LogP contribution in [0.15, 0.2) is 42.6 Å². The van der Waals surface area contributed by atoms with E-state index in [1.54, 1.807) is 6.20 Å². The van der Waals surface area contributed by atoms with Crippen LogP contribution in [0.3, 0.4) is 0 Å². The molecular formula is C35H46N8O2. The third kappa shape index (κ3) is 6.68. The quantitative estimate of drug-likeness (QED) is 0.383. The molecule has 2 aromatic heterocycles. The van der Waals surface area contributed by atoms with Crippen LogP contribution in [-0.2, 0) is 11.2 Å². The lowest BCUT2D eigenvalue weighted by Gasteiger charge is -2.42. The summed E-state index contributed by atoms with van der Waals surface area (Å²) in [6.07, 6.45) is 9.19. The van der Waals surface area contributed by atoms with Gasteiger partial charge in [-0.15, -0.1) is 0 Å². The minimum absolute atomic E-state index is 0.0628. The fraction of sp³-hybridized carbons (Fsp3) is 0.543. The highest BCUT2D eigenvalue weighted by Gasteiger charge is 2.47. The van der Waals surface area contributed by atoms with Crippen molar-refractivity contribution in [3.8, 4) is 11.4 Å². The van der Waals surface area contributed by atoms with Crippen molar-refractivity contribution in [1.29, 1.82) is 0 Å². The summed E-state index contributed by atoms with van der Waals surface area (Å²) >= 11 is 0. The second kappa shape index (κ2) is 12.7. The zero-order valence-electron chi connectivity index (χ0n) is 26.7. The number of nitrogens with one attached hydrogen (secondary N) is 1. The Morgan fingerprint density at radius 3 is 2.44 bits per heavy atom. The van der Waals surface area contributed by atoms with Crippen LogP contribution in [0.1, 0.15) is 60.3 Å². The SMILES string of the molecule is Cc1cccnc1-c1nc(C(N)=O)c(Nc2ccc(N3CCC(N4CCN(C)CC4)CC3)cc2)nc1CC1CCOC2(CC2)C1. The first-order valence-electron chi connectivity index (χ1n) is 16.7. The lowest BCUT2D eigenvalue weighted by molar-refractivity contribution is -0.0280. The predicted octanol–water partition coefficient (Wildman–Crippen LogP) is 4.41. The number of carbonyl (C=O) groups excluding carboxylic acids is 1. The van der Waals surface area contributed by atoms with Crippen LogP contribution in [0.5, 0.6) is 0 Å². The van der Waals surface area contributed by atoms with Crippen molar-refractivity contribution in [2.75, 3.05) is 63.1 Å². The van der Waals surface area contributed by atoms with Gasteiger partial charge in [0.25, 0.3) is 5.91 Å². The van der Waals surface area contributed by atoms with Crippen molar-refractivity contribution < 1.29 is 9.53 Å². The van der Waals surface area contributed by atoms with Gasteiger partial charge in [-0.2, -0.15) is 0 Å². The molecule has 1 amide bonds. The molecule has 4 fully saturated rings.